The van der Waals surface area contributed by atoms with Gasteiger partial charge in [-0.25, -0.2) is 13.2 Å². The fourth-order valence-corrected chi connectivity index (χ4v) is 4.98. The van der Waals surface area contributed by atoms with Gasteiger partial charge in [-0.3, -0.25) is 5.32 Å². The number of aromatic hydroxyl groups is 1. The third-order valence-electron chi connectivity index (χ3n) is 4.19. The highest BCUT2D eigenvalue weighted by Crippen LogP contribution is 2.44. The Balaban J connectivity index is 2.42. The molecular formula is C17H24ClNO6S. The monoisotopic (exact) mass is 405 g/mol. The Labute approximate surface area is 158 Å². The standard InChI is InChI=1S/C17H24ClNO6S/c1-16(2,3)25-15(21)19-12-6-5-11(18)14(13(12)20)26(22,23)17(4)7-9-24-10-8-17/h5-6,20H,7-10H2,1-4H3,(H,19,21). The molecule has 0 spiro atoms. The zero-order valence-electron chi connectivity index (χ0n) is 15.3. The van der Waals surface area contributed by atoms with Gasteiger partial charge >= 0.3 is 6.09 Å². The topological polar surface area (TPSA) is 102 Å². The molecule has 0 atom stereocenters. The molecule has 1 fully saturated rings. The summed E-state index contributed by atoms with van der Waals surface area (Å²) < 4.78 is 35.6. The quantitative estimate of drug-likeness (QED) is 0.743. The highest BCUT2D eigenvalue weighted by atomic mass is 35.5. The van der Waals surface area contributed by atoms with Crippen LogP contribution in [0.4, 0.5) is 10.5 Å². The van der Waals surface area contributed by atoms with Gasteiger partial charge in [0, 0.05) is 13.2 Å². The number of sulfone groups is 1. The van der Waals surface area contributed by atoms with Crippen LogP contribution in [0.5, 0.6) is 5.75 Å². The minimum absolute atomic E-state index is 0.0853. The van der Waals surface area contributed by atoms with Crippen LogP contribution in [-0.2, 0) is 19.3 Å². The fourth-order valence-electron chi connectivity index (χ4n) is 2.63. The van der Waals surface area contributed by atoms with Crippen LogP contribution in [-0.4, -0.2) is 43.2 Å². The number of nitrogens with one attached hydrogen (secondary N) is 1. The van der Waals surface area contributed by atoms with Crippen molar-refractivity contribution in [2.24, 2.45) is 0 Å². The summed E-state index contributed by atoms with van der Waals surface area (Å²) in [5.41, 5.74) is -0.825. The average molecular weight is 406 g/mol. The predicted molar refractivity (Wildman–Crippen MR) is 98.6 cm³/mol. The first-order chi connectivity index (χ1) is 11.9. The lowest BCUT2D eigenvalue weighted by Crippen LogP contribution is -2.41. The number of carbonyl (C=O) groups is 1. The summed E-state index contributed by atoms with van der Waals surface area (Å²) in [6, 6.07) is 2.65. The van der Waals surface area contributed by atoms with Gasteiger partial charge < -0.3 is 14.6 Å². The molecular weight excluding hydrogens is 382 g/mol. The molecule has 0 aromatic heterocycles. The second kappa shape index (κ2) is 7.25. The predicted octanol–water partition coefficient (Wildman–Crippen LogP) is 3.74. The number of benzene rings is 1. The molecule has 0 saturated carbocycles. The molecule has 7 nitrogen and oxygen atoms in total. The van der Waals surface area contributed by atoms with Gasteiger partial charge in [0.15, 0.2) is 15.6 Å². The molecule has 1 aliphatic rings. The van der Waals surface area contributed by atoms with E-state index in [1.165, 1.54) is 12.1 Å². The third kappa shape index (κ3) is 4.24. The summed E-state index contributed by atoms with van der Waals surface area (Å²) in [6.45, 7) is 7.30. The molecule has 1 heterocycles. The van der Waals surface area contributed by atoms with Crippen molar-refractivity contribution in [3.8, 4) is 5.75 Å². The van der Waals surface area contributed by atoms with E-state index >= 15 is 0 Å². The number of phenolic OH excluding ortho intramolecular Hbond substituents is 1. The second-order valence-electron chi connectivity index (χ2n) is 7.47. The van der Waals surface area contributed by atoms with E-state index in [4.69, 9.17) is 21.1 Å². The summed E-state index contributed by atoms with van der Waals surface area (Å²) in [6.07, 6.45) is -0.236. The van der Waals surface area contributed by atoms with Crippen molar-refractivity contribution < 1.29 is 27.8 Å². The Morgan fingerprint density at radius 3 is 2.42 bits per heavy atom. The second-order valence-corrected chi connectivity index (χ2v) is 10.3. The van der Waals surface area contributed by atoms with E-state index in [2.05, 4.69) is 5.32 Å². The summed E-state index contributed by atoms with van der Waals surface area (Å²) in [7, 11) is -3.97. The van der Waals surface area contributed by atoms with Crippen LogP contribution in [0.3, 0.4) is 0 Å². The van der Waals surface area contributed by atoms with Crippen LogP contribution < -0.4 is 5.32 Å². The molecule has 0 unspecified atom stereocenters. The van der Waals surface area contributed by atoms with Gasteiger partial charge in [-0.1, -0.05) is 11.6 Å². The van der Waals surface area contributed by atoms with Crippen LogP contribution >= 0.6 is 11.6 Å². The number of rotatable bonds is 3. The molecule has 2 rings (SSSR count). The van der Waals surface area contributed by atoms with Gasteiger partial charge in [-0.05, 0) is 52.7 Å². The summed E-state index contributed by atoms with van der Waals surface area (Å²) >= 11 is 6.10. The molecule has 146 valence electrons. The molecule has 1 aliphatic heterocycles. The smallest absolute Gasteiger partial charge is 0.412 e. The van der Waals surface area contributed by atoms with Crippen LogP contribution in [0.15, 0.2) is 17.0 Å². The van der Waals surface area contributed by atoms with Crippen LogP contribution in [0.2, 0.25) is 5.02 Å². The van der Waals surface area contributed by atoms with E-state index in [0.29, 0.717) is 13.2 Å². The Bertz CT molecular complexity index is 794. The van der Waals surface area contributed by atoms with E-state index < -0.39 is 36.9 Å². The van der Waals surface area contributed by atoms with Gasteiger partial charge in [0.2, 0.25) is 0 Å². The van der Waals surface area contributed by atoms with Gasteiger partial charge in [0.25, 0.3) is 0 Å². The molecule has 0 aliphatic carbocycles. The number of carbonyl (C=O) groups excluding carboxylic acids is 1. The molecule has 0 bridgehead atoms. The lowest BCUT2D eigenvalue weighted by atomic mass is 10.0. The van der Waals surface area contributed by atoms with E-state index in [1.54, 1.807) is 27.7 Å². The van der Waals surface area contributed by atoms with Crippen molar-refractivity contribution in [1.29, 1.82) is 0 Å². The first-order valence-corrected chi connectivity index (χ1v) is 10.1. The van der Waals surface area contributed by atoms with E-state index in [1.807, 2.05) is 0 Å². The van der Waals surface area contributed by atoms with Gasteiger partial charge in [-0.2, -0.15) is 0 Å². The highest BCUT2D eigenvalue weighted by Gasteiger charge is 2.44. The maximum absolute atomic E-state index is 13.2. The number of hydrogen-bond donors (Lipinski definition) is 2. The van der Waals surface area contributed by atoms with Crippen LogP contribution in [0.25, 0.3) is 0 Å². The van der Waals surface area contributed by atoms with Crippen LogP contribution in [0.1, 0.15) is 40.5 Å². The summed E-state index contributed by atoms with van der Waals surface area (Å²) in [5.74, 6) is -0.601. The van der Waals surface area contributed by atoms with Crippen molar-refractivity contribution in [2.75, 3.05) is 18.5 Å². The molecule has 1 saturated heterocycles. The number of hydrogen-bond acceptors (Lipinski definition) is 6. The lowest BCUT2D eigenvalue weighted by molar-refractivity contribution is 0.0635. The number of halogens is 1. The first kappa shape index (κ1) is 20.8. The Morgan fingerprint density at radius 1 is 1.31 bits per heavy atom. The average Bonchev–Trinajstić information content (AvgIpc) is 2.49. The van der Waals surface area contributed by atoms with Gasteiger partial charge in [0.05, 0.1) is 15.5 Å². The first-order valence-electron chi connectivity index (χ1n) is 8.21. The number of ether oxygens (including phenoxy) is 2. The molecule has 0 radical (unpaired) electrons. The minimum atomic E-state index is -3.97. The SMILES string of the molecule is CC(C)(C)OC(=O)Nc1ccc(Cl)c(S(=O)(=O)C2(C)CCOCC2)c1O. The minimum Gasteiger partial charge on any atom is -0.504 e. The Kier molecular flexibility index (Phi) is 5.80. The maximum Gasteiger partial charge on any atom is 0.412 e. The zero-order chi connectivity index (χ0) is 19.8. The third-order valence-corrected chi connectivity index (χ3v) is 7.27. The van der Waals surface area contributed by atoms with Gasteiger partial charge in [0.1, 0.15) is 10.5 Å². The number of anilines is 1. The number of phenols is 1. The summed E-state index contributed by atoms with van der Waals surface area (Å²) in [4.78, 5) is 11.6. The Morgan fingerprint density at radius 2 is 1.88 bits per heavy atom. The van der Waals surface area contributed by atoms with Gasteiger partial charge in [-0.15, -0.1) is 0 Å². The highest BCUT2D eigenvalue weighted by molar-refractivity contribution is 7.93. The van der Waals surface area contributed by atoms with E-state index in [9.17, 15) is 18.3 Å². The molecule has 26 heavy (non-hydrogen) atoms. The Hall–Kier alpha value is -1.51. The largest absolute Gasteiger partial charge is 0.504 e. The van der Waals surface area contributed by atoms with Crippen molar-refractivity contribution >= 4 is 33.2 Å². The van der Waals surface area contributed by atoms with E-state index in [0.717, 1.165) is 0 Å². The summed E-state index contributed by atoms with van der Waals surface area (Å²) in [5, 5.41) is 12.8. The molecule has 2 N–H and O–H groups in total. The van der Waals surface area contributed by atoms with Crippen molar-refractivity contribution in [3.63, 3.8) is 0 Å². The van der Waals surface area contributed by atoms with Crippen molar-refractivity contribution in [3.05, 3.63) is 17.2 Å². The van der Waals surface area contributed by atoms with Crippen molar-refractivity contribution in [1.82, 2.24) is 0 Å². The molecule has 1 aromatic carbocycles. The van der Waals surface area contributed by atoms with E-state index in [-0.39, 0.29) is 23.6 Å². The molecule has 1 amide bonds. The molecule has 1 aromatic rings. The molecule has 9 heteroatoms. The zero-order valence-corrected chi connectivity index (χ0v) is 16.8. The maximum atomic E-state index is 13.2. The lowest BCUT2D eigenvalue weighted by Gasteiger charge is -2.33. The fraction of sp³-hybridized carbons (Fsp3) is 0.588. The normalized spacial score (nSPS) is 17.6. The van der Waals surface area contributed by atoms with Crippen molar-refractivity contribution in [2.45, 2.75) is 55.8 Å². The number of amides is 1. The van der Waals surface area contributed by atoms with Crippen LogP contribution in [0, 0.1) is 0 Å².